The Hall–Kier alpha value is -4.11. The Morgan fingerprint density at radius 1 is 1.18 bits per heavy atom. The van der Waals surface area contributed by atoms with E-state index in [1.807, 2.05) is 47.1 Å². The van der Waals surface area contributed by atoms with E-state index in [0.29, 0.717) is 12.4 Å². The van der Waals surface area contributed by atoms with Gasteiger partial charge in [0, 0.05) is 55.7 Å². The van der Waals surface area contributed by atoms with Crippen LogP contribution in [0.5, 0.6) is 0 Å². The molecule has 1 aliphatic rings. The quantitative estimate of drug-likeness (QED) is 0.384. The SMILES string of the molecule is Cn1c(=O)[nH]c2cc(-c3cn4ccnc4c(Nc4ccc(N5CCC[C@@H](O)C5)cc4)n3)ccc21. The standard InChI is InChI=1S/C25H25N7O2/c1-30-22-9-4-16(13-20(22)29-25(30)34)21-15-32-12-10-26-24(32)23(28-21)27-17-5-7-18(8-6-17)31-11-2-3-19(33)14-31/h4-10,12-13,15,19,33H,2-3,11,14H2,1H3,(H,27,28)(H,29,34)/t19-/m1/s1. The maximum atomic E-state index is 12.0. The van der Waals surface area contributed by atoms with Crippen molar-refractivity contribution in [2.24, 2.45) is 7.05 Å². The number of aromatic nitrogens is 5. The summed E-state index contributed by atoms with van der Waals surface area (Å²) in [6.07, 6.45) is 7.17. The highest BCUT2D eigenvalue weighted by Crippen LogP contribution is 2.28. The van der Waals surface area contributed by atoms with E-state index in [1.165, 1.54) is 0 Å². The normalized spacial score (nSPS) is 16.4. The molecule has 9 heteroatoms. The number of β-amino-alcohol motifs (C(OH)–C–C–N with tert-alkyl or cyclic N) is 1. The molecule has 0 saturated carbocycles. The second-order valence-corrected chi connectivity index (χ2v) is 8.77. The highest BCUT2D eigenvalue weighted by molar-refractivity contribution is 5.82. The number of aliphatic hydroxyl groups excluding tert-OH is 1. The highest BCUT2D eigenvalue weighted by atomic mass is 16.3. The molecule has 0 amide bonds. The lowest BCUT2D eigenvalue weighted by atomic mass is 10.1. The minimum atomic E-state index is -0.264. The molecule has 172 valence electrons. The van der Waals surface area contributed by atoms with Gasteiger partial charge in [-0.05, 0) is 49.2 Å². The molecule has 0 radical (unpaired) electrons. The number of nitrogens with one attached hydrogen (secondary N) is 2. The van der Waals surface area contributed by atoms with Gasteiger partial charge in [0.05, 0.1) is 22.8 Å². The maximum Gasteiger partial charge on any atom is 0.326 e. The molecular formula is C25H25N7O2. The van der Waals surface area contributed by atoms with Gasteiger partial charge >= 0.3 is 5.69 Å². The number of aryl methyl sites for hydroxylation is 1. The van der Waals surface area contributed by atoms with Crippen molar-refractivity contribution >= 4 is 33.9 Å². The van der Waals surface area contributed by atoms with Gasteiger partial charge in [-0.3, -0.25) is 4.57 Å². The fraction of sp³-hybridized carbons (Fsp3) is 0.240. The Morgan fingerprint density at radius 3 is 2.85 bits per heavy atom. The van der Waals surface area contributed by atoms with Gasteiger partial charge < -0.3 is 24.7 Å². The topological polar surface area (TPSA) is 103 Å². The molecule has 1 aliphatic heterocycles. The lowest BCUT2D eigenvalue weighted by Crippen LogP contribution is -2.38. The van der Waals surface area contributed by atoms with Crippen LogP contribution in [0.4, 0.5) is 17.2 Å². The summed E-state index contributed by atoms with van der Waals surface area (Å²) in [6, 6.07) is 14.0. The van der Waals surface area contributed by atoms with Crippen molar-refractivity contribution < 1.29 is 5.11 Å². The zero-order valence-electron chi connectivity index (χ0n) is 18.8. The molecule has 6 rings (SSSR count). The summed E-state index contributed by atoms with van der Waals surface area (Å²) >= 11 is 0. The summed E-state index contributed by atoms with van der Waals surface area (Å²) in [6.45, 7) is 1.63. The number of rotatable bonds is 4. The summed E-state index contributed by atoms with van der Waals surface area (Å²) in [5, 5.41) is 13.4. The van der Waals surface area contributed by atoms with Crippen LogP contribution in [0.2, 0.25) is 0 Å². The van der Waals surface area contributed by atoms with E-state index in [1.54, 1.807) is 17.8 Å². The third kappa shape index (κ3) is 3.60. The Morgan fingerprint density at radius 2 is 2.03 bits per heavy atom. The van der Waals surface area contributed by atoms with Gasteiger partial charge in [-0.15, -0.1) is 0 Å². The molecule has 1 atom stereocenters. The van der Waals surface area contributed by atoms with E-state index >= 15 is 0 Å². The number of imidazole rings is 2. The van der Waals surface area contributed by atoms with Gasteiger partial charge in [0.15, 0.2) is 11.5 Å². The van der Waals surface area contributed by atoms with Crippen LogP contribution in [0.1, 0.15) is 12.8 Å². The molecular weight excluding hydrogens is 430 g/mol. The van der Waals surface area contributed by atoms with Crippen molar-refractivity contribution in [3.63, 3.8) is 0 Å². The Kier molecular flexibility index (Phi) is 4.84. The summed E-state index contributed by atoms with van der Waals surface area (Å²) in [5.41, 5.74) is 5.85. The largest absolute Gasteiger partial charge is 0.391 e. The van der Waals surface area contributed by atoms with Gasteiger partial charge in [0.2, 0.25) is 0 Å². The zero-order chi connectivity index (χ0) is 23.2. The number of nitrogens with zero attached hydrogens (tertiary/aromatic N) is 5. The van der Waals surface area contributed by atoms with Crippen LogP contribution in [0.3, 0.4) is 0 Å². The van der Waals surface area contributed by atoms with E-state index in [9.17, 15) is 9.90 Å². The Balaban J connectivity index is 1.33. The molecule has 0 bridgehead atoms. The average Bonchev–Trinajstić information content (AvgIpc) is 3.43. The zero-order valence-corrected chi connectivity index (χ0v) is 18.8. The molecule has 1 saturated heterocycles. The van der Waals surface area contributed by atoms with Gasteiger partial charge in [0.1, 0.15) is 0 Å². The van der Waals surface area contributed by atoms with Crippen LogP contribution in [-0.4, -0.2) is 48.2 Å². The predicted octanol–water partition coefficient (Wildman–Crippen LogP) is 3.28. The fourth-order valence-corrected chi connectivity index (χ4v) is 4.63. The Labute approximate surface area is 195 Å². The third-order valence-corrected chi connectivity index (χ3v) is 6.47. The van der Waals surface area contributed by atoms with E-state index in [4.69, 9.17) is 4.98 Å². The first kappa shape index (κ1) is 20.5. The van der Waals surface area contributed by atoms with E-state index < -0.39 is 0 Å². The van der Waals surface area contributed by atoms with E-state index in [-0.39, 0.29) is 11.8 Å². The van der Waals surface area contributed by atoms with Gasteiger partial charge in [-0.1, -0.05) is 6.07 Å². The summed E-state index contributed by atoms with van der Waals surface area (Å²) in [5.74, 6) is 0.644. The number of aromatic amines is 1. The summed E-state index contributed by atoms with van der Waals surface area (Å²) in [4.78, 5) is 26.4. The number of piperidine rings is 1. The predicted molar refractivity (Wildman–Crippen MR) is 133 cm³/mol. The molecule has 5 aromatic rings. The lowest BCUT2D eigenvalue weighted by molar-refractivity contribution is 0.154. The first-order chi connectivity index (χ1) is 16.5. The van der Waals surface area contributed by atoms with Crippen LogP contribution < -0.4 is 15.9 Å². The van der Waals surface area contributed by atoms with Crippen molar-refractivity contribution in [2.75, 3.05) is 23.3 Å². The highest BCUT2D eigenvalue weighted by Gasteiger charge is 2.18. The number of hydrogen-bond donors (Lipinski definition) is 3. The number of benzene rings is 2. The molecule has 4 heterocycles. The smallest absolute Gasteiger partial charge is 0.326 e. The summed E-state index contributed by atoms with van der Waals surface area (Å²) in [7, 11) is 1.75. The van der Waals surface area contributed by atoms with Crippen molar-refractivity contribution in [1.29, 1.82) is 0 Å². The van der Waals surface area contributed by atoms with Gasteiger partial charge in [-0.25, -0.2) is 14.8 Å². The molecule has 1 fully saturated rings. The minimum Gasteiger partial charge on any atom is -0.391 e. The van der Waals surface area contributed by atoms with Crippen LogP contribution >= 0.6 is 0 Å². The monoisotopic (exact) mass is 455 g/mol. The van der Waals surface area contributed by atoms with Crippen LogP contribution in [0.25, 0.3) is 27.9 Å². The average molecular weight is 456 g/mol. The number of fused-ring (bicyclic) bond motifs is 2. The lowest BCUT2D eigenvalue weighted by Gasteiger charge is -2.32. The number of aliphatic hydroxyl groups is 1. The van der Waals surface area contributed by atoms with Gasteiger partial charge in [0.25, 0.3) is 0 Å². The summed E-state index contributed by atoms with van der Waals surface area (Å²) < 4.78 is 3.53. The van der Waals surface area contributed by atoms with Crippen LogP contribution in [0.15, 0.2) is 65.8 Å². The van der Waals surface area contributed by atoms with Crippen molar-refractivity contribution in [3.8, 4) is 11.3 Å². The van der Waals surface area contributed by atoms with E-state index in [2.05, 4.69) is 32.3 Å². The maximum absolute atomic E-state index is 12.0. The third-order valence-electron chi connectivity index (χ3n) is 6.47. The molecule has 34 heavy (non-hydrogen) atoms. The molecule has 2 aromatic carbocycles. The van der Waals surface area contributed by atoms with Crippen LogP contribution in [0, 0.1) is 0 Å². The second-order valence-electron chi connectivity index (χ2n) is 8.77. The van der Waals surface area contributed by atoms with Crippen molar-refractivity contribution in [3.05, 3.63) is 71.5 Å². The molecule has 9 nitrogen and oxygen atoms in total. The minimum absolute atomic E-state index is 0.143. The second kappa shape index (κ2) is 8.03. The number of hydrogen-bond acceptors (Lipinski definition) is 6. The molecule has 0 spiro atoms. The van der Waals surface area contributed by atoms with Crippen molar-refractivity contribution in [1.82, 2.24) is 23.9 Å². The van der Waals surface area contributed by atoms with E-state index in [0.717, 1.165) is 58.7 Å². The first-order valence-corrected chi connectivity index (χ1v) is 11.4. The van der Waals surface area contributed by atoms with Crippen LogP contribution in [-0.2, 0) is 7.05 Å². The number of H-pyrrole nitrogens is 1. The number of anilines is 3. The van der Waals surface area contributed by atoms with Gasteiger partial charge in [-0.2, -0.15) is 0 Å². The molecule has 3 aromatic heterocycles. The molecule has 0 unspecified atom stereocenters. The Bertz CT molecular complexity index is 1550. The first-order valence-electron chi connectivity index (χ1n) is 11.4. The fourth-order valence-electron chi connectivity index (χ4n) is 4.63. The molecule has 0 aliphatic carbocycles. The molecule has 3 N–H and O–H groups in total. The van der Waals surface area contributed by atoms with Crippen molar-refractivity contribution in [2.45, 2.75) is 18.9 Å².